The maximum atomic E-state index is 12.1. The summed E-state index contributed by atoms with van der Waals surface area (Å²) in [5.41, 5.74) is 0.934. The molecule has 0 aromatic heterocycles. The number of hydrogen-bond acceptors (Lipinski definition) is 4. The number of hydrogen-bond donors (Lipinski definition) is 2. The number of benzene rings is 1. The minimum absolute atomic E-state index is 0.159. The van der Waals surface area contributed by atoms with Crippen molar-refractivity contribution in [2.75, 3.05) is 27.3 Å². The molecule has 3 rings (SSSR count). The highest BCUT2D eigenvalue weighted by atomic mass is 16.5. The summed E-state index contributed by atoms with van der Waals surface area (Å²) in [6.45, 7) is 2.43. The van der Waals surface area contributed by atoms with Crippen LogP contribution in [0.15, 0.2) is 18.2 Å². The van der Waals surface area contributed by atoms with Gasteiger partial charge in [0.2, 0.25) is 5.91 Å². The van der Waals surface area contributed by atoms with Gasteiger partial charge in [-0.05, 0) is 31.0 Å². The van der Waals surface area contributed by atoms with Crippen molar-refractivity contribution in [1.29, 1.82) is 0 Å². The Morgan fingerprint density at radius 1 is 1.30 bits per heavy atom. The van der Waals surface area contributed by atoms with Crippen LogP contribution in [0.25, 0.3) is 0 Å². The van der Waals surface area contributed by atoms with Gasteiger partial charge in [-0.3, -0.25) is 4.79 Å². The SMILES string of the molecule is COc1cccc(CNC(=O)C2[C@H]3CNC[C@@H]23)c1OC. The number of ether oxygens (including phenoxy) is 2. The van der Waals surface area contributed by atoms with Crippen molar-refractivity contribution in [2.45, 2.75) is 6.54 Å². The smallest absolute Gasteiger partial charge is 0.224 e. The van der Waals surface area contributed by atoms with Crippen molar-refractivity contribution in [3.63, 3.8) is 0 Å². The fourth-order valence-electron chi connectivity index (χ4n) is 3.20. The normalized spacial score (nSPS) is 26.8. The highest BCUT2D eigenvalue weighted by Crippen LogP contribution is 2.48. The second kappa shape index (κ2) is 5.32. The van der Waals surface area contributed by atoms with Gasteiger partial charge in [0.05, 0.1) is 14.2 Å². The van der Waals surface area contributed by atoms with E-state index >= 15 is 0 Å². The molecule has 1 aromatic carbocycles. The second-order valence-electron chi connectivity index (χ2n) is 5.38. The van der Waals surface area contributed by atoms with E-state index < -0.39 is 0 Å². The van der Waals surface area contributed by atoms with Crippen molar-refractivity contribution < 1.29 is 14.3 Å². The first-order chi connectivity index (χ1) is 9.76. The molecule has 0 radical (unpaired) electrons. The summed E-state index contributed by atoms with van der Waals surface area (Å²) in [5, 5.41) is 6.31. The zero-order valence-corrected chi connectivity index (χ0v) is 11.8. The summed E-state index contributed by atoms with van der Waals surface area (Å²) in [7, 11) is 3.22. The summed E-state index contributed by atoms with van der Waals surface area (Å²) in [4.78, 5) is 12.1. The maximum Gasteiger partial charge on any atom is 0.224 e. The van der Waals surface area contributed by atoms with Crippen LogP contribution in [-0.4, -0.2) is 33.2 Å². The Morgan fingerprint density at radius 2 is 2.05 bits per heavy atom. The number of carbonyl (C=O) groups is 1. The molecule has 1 aliphatic heterocycles. The van der Waals surface area contributed by atoms with Gasteiger partial charge in [0.1, 0.15) is 0 Å². The van der Waals surface area contributed by atoms with Crippen LogP contribution in [0, 0.1) is 17.8 Å². The van der Waals surface area contributed by atoms with Gasteiger partial charge in [0.15, 0.2) is 11.5 Å². The molecular weight excluding hydrogens is 256 g/mol. The van der Waals surface area contributed by atoms with E-state index in [-0.39, 0.29) is 11.8 Å². The van der Waals surface area contributed by atoms with Crippen LogP contribution in [0.2, 0.25) is 0 Å². The number of carbonyl (C=O) groups excluding carboxylic acids is 1. The summed E-state index contributed by atoms with van der Waals surface area (Å²) in [6.07, 6.45) is 0. The average Bonchev–Trinajstić information content (AvgIpc) is 2.97. The fraction of sp³-hybridized carbons (Fsp3) is 0.533. The molecule has 1 saturated carbocycles. The maximum absolute atomic E-state index is 12.1. The number of fused-ring (bicyclic) bond motifs is 1. The molecular formula is C15H20N2O3. The summed E-state index contributed by atoms with van der Waals surface area (Å²) in [6, 6.07) is 5.69. The van der Waals surface area contributed by atoms with E-state index in [9.17, 15) is 4.79 Å². The van der Waals surface area contributed by atoms with Crippen molar-refractivity contribution in [1.82, 2.24) is 10.6 Å². The van der Waals surface area contributed by atoms with E-state index in [0.29, 0.717) is 29.9 Å². The second-order valence-corrected chi connectivity index (χ2v) is 5.38. The molecule has 2 aliphatic rings. The third kappa shape index (κ3) is 2.22. The van der Waals surface area contributed by atoms with Crippen LogP contribution in [-0.2, 0) is 11.3 Å². The van der Waals surface area contributed by atoms with Crippen LogP contribution >= 0.6 is 0 Å². The zero-order valence-electron chi connectivity index (χ0n) is 11.8. The Bertz CT molecular complexity index is 508. The topological polar surface area (TPSA) is 59.6 Å². The van der Waals surface area contributed by atoms with E-state index in [2.05, 4.69) is 10.6 Å². The molecule has 1 heterocycles. The van der Waals surface area contributed by atoms with Crippen LogP contribution in [0.4, 0.5) is 0 Å². The number of para-hydroxylation sites is 1. The molecule has 0 bridgehead atoms. The summed E-state index contributed by atoms with van der Waals surface area (Å²) in [5.74, 6) is 2.82. The number of methoxy groups -OCH3 is 2. The lowest BCUT2D eigenvalue weighted by Gasteiger charge is -2.13. The van der Waals surface area contributed by atoms with Gasteiger partial charge in [0.25, 0.3) is 0 Å². The number of amides is 1. The highest BCUT2D eigenvalue weighted by Gasteiger charge is 2.56. The molecule has 1 amide bonds. The monoisotopic (exact) mass is 276 g/mol. The third-order valence-corrected chi connectivity index (χ3v) is 4.33. The molecule has 0 spiro atoms. The van der Waals surface area contributed by atoms with Crippen molar-refractivity contribution in [3.05, 3.63) is 23.8 Å². The minimum Gasteiger partial charge on any atom is -0.493 e. The van der Waals surface area contributed by atoms with Crippen molar-refractivity contribution in [3.8, 4) is 11.5 Å². The van der Waals surface area contributed by atoms with E-state index in [1.807, 2.05) is 18.2 Å². The standard InChI is InChI=1S/C15H20N2O3/c1-19-12-5-3-4-9(14(12)20-2)6-17-15(18)13-10-7-16-8-11(10)13/h3-5,10-11,13,16H,6-8H2,1-2H3,(H,17,18)/t10-,11+,13?. The van der Waals surface area contributed by atoms with Gasteiger partial charge in [-0.2, -0.15) is 0 Å². The lowest BCUT2D eigenvalue weighted by atomic mass is 10.1. The minimum atomic E-state index is 0.159. The molecule has 5 nitrogen and oxygen atoms in total. The fourth-order valence-corrected chi connectivity index (χ4v) is 3.20. The molecule has 1 aromatic rings. The Labute approximate surface area is 118 Å². The summed E-state index contributed by atoms with van der Waals surface area (Å²) >= 11 is 0. The van der Waals surface area contributed by atoms with Gasteiger partial charge < -0.3 is 20.1 Å². The molecule has 108 valence electrons. The van der Waals surface area contributed by atoms with E-state index in [4.69, 9.17) is 9.47 Å². The van der Waals surface area contributed by atoms with E-state index in [0.717, 1.165) is 18.7 Å². The first kappa shape index (κ1) is 13.2. The van der Waals surface area contributed by atoms with Gasteiger partial charge in [-0.15, -0.1) is 0 Å². The Kier molecular flexibility index (Phi) is 3.53. The lowest BCUT2D eigenvalue weighted by molar-refractivity contribution is -0.123. The van der Waals surface area contributed by atoms with Crippen molar-refractivity contribution in [2.24, 2.45) is 17.8 Å². The molecule has 1 aliphatic carbocycles. The highest BCUT2D eigenvalue weighted by molar-refractivity contribution is 5.82. The molecule has 2 fully saturated rings. The molecule has 2 N–H and O–H groups in total. The summed E-state index contributed by atoms with van der Waals surface area (Å²) < 4.78 is 10.6. The molecule has 1 unspecified atom stereocenters. The lowest BCUT2D eigenvalue weighted by Crippen LogP contribution is -2.29. The largest absolute Gasteiger partial charge is 0.493 e. The van der Waals surface area contributed by atoms with E-state index in [1.165, 1.54) is 0 Å². The number of piperidine rings is 1. The van der Waals surface area contributed by atoms with E-state index in [1.54, 1.807) is 14.2 Å². The predicted molar refractivity (Wildman–Crippen MR) is 74.7 cm³/mol. The quantitative estimate of drug-likeness (QED) is 0.834. The first-order valence-corrected chi connectivity index (χ1v) is 6.94. The van der Waals surface area contributed by atoms with Gasteiger partial charge in [0, 0.05) is 18.0 Å². The number of rotatable bonds is 5. The van der Waals surface area contributed by atoms with Gasteiger partial charge in [-0.25, -0.2) is 0 Å². The van der Waals surface area contributed by atoms with Crippen LogP contribution < -0.4 is 20.1 Å². The van der Waals surface area contributed by atoms with Crippen LogP contribution in [0.3, 0.4) is 0 Å². The van der Waals surface area contributed by atoms with Gasteiger partial charge >= 0.3 is 0 Å². The van der Waals surface area contributed by atoms with Gasteiger partial charge in [-0.1, -0.05) is 12.1 Å². The van der Waals surface area contributed by atoms with Crippen LogP contribution in [0.1, 0.15) is 5.56 Å². The average molecular weight is 276 g/mol. The Balaban J connectivity index is 1.62. The molecule has 5 heteroatoms. The zero-order chi connectivity index (χ0) is 14.1. The molecule has 20 heavy (non-hydrogen) atoms. The molecule has 3 atom stereocenters. The van der Waals surface area contributed by atoms with Crippen LogP contribution in [0.5, 0.6) is 11.5 Å². The van der Waals surface area contributed by atoms with Crippen molar-refractivity contribution >= 4 is 5.91 Å². The first-order valence-electron chi connectivity index (χ1n) is 6.94. The molecule has 1 saturated heterocycles. The Morgan fingerprint density at radius 3 is 2.70 bits per heavy atom. The predicted octanol–water partition coefficient (Wildman–Crippen LogP) is 0.785. The number of nitrogens with one attached hydrogen (secondary N) is 2. The Hall–Kier alpha value is -1.75. The third-order valence-electron chi connectivity index (χ3n) is 4.33.